The number of ether oxygens (including phenoxy) is 2. The monoisotopic (exact) mass is 570 g/mol. The van der Waals surface area contributed by atoms with Crippen molar-refractivity contribution < 1.29 is 28.4 Å². The van der Waals surface area contributed by atoms with E-state index in [9.17, 15) is 14.4 Å². The number of amides is 3. The second-order valence-electron chi connectivity index (χ2n) is 9.82. The van der Waals surface area contributed by atoms with E-state index in [2.05, 4.69) is 15.8 Å². The molecule has 1 heterocycles. The second kappa shape index (κ2) is 13.3. The largest absolute Gasteiger partial charge is 0.497 e. The Kier molecular flexibility index (Phi) is 10.2. The average Bonchev–Trinajstić information content (AvgIpc) is 3.34. The lowest BCUT2D eigenvalue weighted by Crippen LogP contribution is -2.50. The first-order chi connectivity index (χ1) is 19.0. The molecule has 0 unspecified atom stereocenters. The first-order valence-electron chi connectivity index (χ1n) is 12.8. The number of benzene rings is 2. The Labute approximate surface area is 238 Å². The van der Waals surface area contributed by atoms with Crippen LogP contribution in [0.25, 0.3) is 0 Å². The van der Waals surface area contributed by atoms with Crippen LogP contribution in [-0.2, 0) is 14.4 Å². The van der Waals surface area contributed by atoms with Gasteiger partial charge in [-0.3, -0.25) is 19.3 Å². The van der Waals surface area contributed by atoms with Crippen LogP contribution in [0, 0.1) is 6.92 Å². The molecule has 11 heteroatoms. The van der Waals surface area contributed by atoms with Crippen molar-refractivity contribution in [3.8, 4) is 11.5 Å². The van der Waals surface area contributed by atoms with Crippen molar-refractivity contribution in [1.82, 2.24) is 10.5 Å². The summed E-state index contributed by atoms with van der Waals surface area (Å²) in [7, 11) is 2.97. The zero-order chi connectivity index (χ0) is 29.4. The fourth-order valence-electron chi connectivity index (χ4n) is 3.96. The van der Waals surface area contributed by atoms with Crippen LogP contribution >= 0.6 is 11.6 Å². The standard InChI is InChI=1S/C29H35ClN4O6/c1-7-29(3,4)32-28(37)27(20-10-8-9-11-21(20)30)34(22-13-12-19(38-5)17-23(22)39-6)26(36)15-14-25(35)31-24-16-18(2)40-33-24/h8-13,16-17,27H,7,14-15H2,1-6H3,(H,32,37)(H,31,33,35)/t27-/m0/s1. The van der Waals surface area contributed by atoms with Gasteiger partial charge in [0, 0.05) is 41.1 Å². The number of nitrogens with one attached hydrogen (secondary N) is 2. The zero-order valence-electron chi connectivity index (χ0n) is 23.5. The van der Waals surface area contributed by atoms with E-state index >= 15 is 0 Å². The number of rotatable bonds is 12. The van der Waals surface area contributed by atoms with E-state index in [1.54, 1.807) is 55.5 Å². The Morgan fingerprint density at radius 2 is 1.80 bits per heavy atom. The van der Waals surface area contributed by atoms with Crippen molar-refractivity contribution in [2.75, 3.05) is 24.4 Å². The summed E-state index contributed by atoms with van der Waals surface area (Å²) in [5.41, 5.74) is 0.169. The summed E-state index contributed by atoms with van der Waals surface area (Å²) in [6, 6.07) is 12.2. The maximum Gasteiger partial charge on any atom is 0.248 e. The maximum absolute atomic E-state index is 14.0. The third-order valence-electron chi connectivity index (χ3n) is 6.43. The highest BCUT2D eigenvalue weighted by Gasteiger charge is 2.37. The molecule has 2 N–H and O–H groups in total. The number of aromatic nitrogens is 1. The summed E-state index contributed by atoms with van der Waals surface area (Å²) in [5.74, 6) is 0.217. The van der Waals surface area contributed by atoms with Gasteiger partial charge in [-0.25, -0.2) is 0 Å². The van der Waals surface area contributed by atoms with Gasteiger partial charge in [0.15, 0.2) is 5.82 Å². The van der Waals surface area contributed by atoms with Gasteiger partial charge in [0.05, 0.1) is 19.9 Å². The van der Waals surface area contributed by atoms with Crippen LogP contribution in [0.3, 0.4) is 0 Å². The predicted molar refractivity (Wildman–Crippen MR) is 153 cm³/mol. The molecular weight excluding hydrogens is 536 g/mol. The number of nitrogens with zero attached hydrogens (tertiary/aromatic N) is 2. The lowest BCUT2D eigenvalue weighted by molar-refractivity contribution is -0.128. The quantitative estimate of drug-likeness (QED) is 0.297. The molecule has 10 nitrogen and oxygen atoms in total. The van der Waals surface area contributed by atoms with Crippen molar-refractivity contribution >= 4 is 40.8 Å². The zero-order valence-corrected chi connectivity index (χ0v) is 24.3. The predicted octanol–water partition coefficient (Wildman–Crippen LogP) is 5.45. The fourth-order valence-corrected chi connectivity index (χ4v) is 4.20. The molecule has 0 saturated carbocycles. The number of carbonyl (C=O) groups excluding carboxylic acids is 3. The van der Waals surface area contributed by atoms with Gasteiger partial charge in [-0.1, -0.05) is 41.9 Å². The van der Waals surface area contributed by atoms with Crippen molar-refractivity contribution in [1.29, 1.82) is 0 Å². The first-order valence-corrected chi connectivity index (χ1v) is 13.2. The molecule has 3 amide bonds. The maximum atomic E-state index is 14.0. The summed E-state index contributed by atoms with van der Waals surface area (Å²) in [5, 5.41) is 9.71. The number of anilines is 2. The number of hydrogen-bond donors (Lipinski definition) is 2. The minimum Gasteiger partial charge on any atom is -0.497 e. The Balaban J connectivity index is 2.07. The minimum absolute atomic E-state index is 0.170. The molecule has 0 aliphatic carbocycles. The summed E-state index contributed by atoms with van der Waals surface area (Å²) in [6.45, 7) is 7.44. The lowest BCUT2D eigenvalue weighted by atomic mass is 9.97. The molecular formula is C29H35ClN4O6. The van der Waals surface area contributed by atoms with E-state index in [1.165, 1.54) is 19.1 Å². The highest BCUT2D eigenvalue weighted by Crippen LogP contribution is 2.39. The molecule has 1 aromatic heterocycles. The van der Waals surface area contributed by atoms with E-state index in [4.69, 9.17) is 25.6 Å². The molecule has 0 saturated heterocycles. The van der Waals surface area contributed by atoms with Crippen molar-refractivity contribution in [2.45, 2.75) is 58.5 Å². The van der Waals surface area contributed by atoms with Gasteiger partial charge in [-0.05, 0) is 45.4 Å². The van der Waals surface area contributed by atoms with Crippen molar-refractivity contribution in [3.63, 3.8) is 0 Å². The molecule has 214 valence electrons. The molecule has 2 aromatic carbocycles. The van der Waals surface area contributed by atoms with Gasteiger partial charge in [0.25, 0.3) is 0 Å². The Hall–Kier alpha value is -4.05. The summed E-state index contributed by atoms with van der Waals surface area (Å²) in [6.07, 6.45) is 0.260. The summed E-state index contributed by atoms with van der Waals surface area (Å²) >= 11 is 6.60. The highest BCUT2D eigenvalue weighted by atomic mass is 35.5. The normalized spacial score (nSPS) is 11.9. The number of carbonyl (C=O) groups is 3. The summed E-state index contributed by atoms with van der Waals surface area (Å²) < 4.78 is 15.9. The van der Waals surface area contributed by atoms with Gasteiger partial charge in [-0.2, -0.15) is 0 Å². The molecule has 0 bridgehead atoms. The van der Waals surface area contributed by atoms with Gasteiger partial charge >= 0.3 is 0 Å². The smallest absolute Gasteiger partial charge is 0.248 e. The molecule has 1 atom stereocenters. The average molecular weight is 571 g/mol. The van der Waals surface area contributed by atoms with E-state index in [-0.39, 0.29) is 18.7 Å². The SMILES string of the molecule is CCC(C)(C)NC(=O)[C@H](c1ccccc1Cl)N(C(=O)CCC(=O)Nc1cc(C)on1)c1ccc(OC)cc1OC. The summed E-state index contributed by atoms with van der Waals surface area (Å²) in [4.78, 5) is 41.9. The number of methoxy groups -OCH3 is 2. The van der Waals surface area contributed by atoms with Gasteiger partial charge < -0.3 is 24.6 Å². The van der Waals surface area contributed by atoms with Gasteiger partial charge in [-0.15, -0.1) is 0 Å². The van der Waals surface area contributed by atoms with E-state index < -0.39 is 29.3 Å². The number of aryl methyl sites for hydroxylation is 1. The highest BCUT2D eigenvalue weighted by molar-refractivity contribution is 6.31. The number of halogens is 1. The van der Waals surface area contributed by atoms with Crippen LogP contribution in [0.15, 0.2) is 53.1 Å². The van der Waals surface area contributed by atoms with Gasteiger partial charge in [0.1, 0.15) is 23.3 Å². The van der Waals surface area contributed by atoms with Crippen molar-refractivity contribution in [3.05, 3.63) is 64.9 Å². The topological polar surface area (TPSA) is 123 Å². The molecule has 3 aromatic rings. The van der Waals surface area contributed by atoms with Crippen LogP contribution < -0.4 is 25.0 Å². The second-order valence-corrected chi connectivity index (χ2v) is 10.2. The van der Waals surface area contributed by atoms with Crippen LogP contribution in [0.1, 0.15) is 57.4 Å². The lowest BCUT2D eigenvalue weighted by Gasteiger charge is -2.35. The Morgan fingerprint density at radius 3 is 2.40 bits per heavy atom. The van der Waals surface area contributed by atoms with Crippen LogP contribution in [-0.4, -0.2) is 42.6 Å². The molecule has 40 heavy (non-hydrogen) atoms. The Bertz CT molecular complexity index is 1360. The van der Waals surface area contributed by atoms with Crippen LogP contribution in [0.4, 0.5) is 11.5 Å². The molecule has 0 aliphatic heterocycles. The van der Waals surface area contributed by atoms with Gasteiger partial charge in [0.2, 0.25) is 17.7 Å². The molecule has 0 aliphatic rings. The molecule has 0 fully saturated rings. The van der Waals surface area contributed by atoms with E-state index in [0.717, 1.165) is 0 Å². The Morgan fingerprint density at radius 1 is 1.07 bits per heavy atom. The molecule has 0 radical (unpaired) electrons. The first kappa shape index (κ1) is 30.5. The third-order valence-corrected chi connectivity index (χ3v) is 6.77. The van der Waals surface area contributed by atoms with Crippen LogP contribution in [0.2, 0.25) is 5.02 Å². The molecule has 0 spiro atoms. The number of hydrogen-bond acceptors (Lipinski definition) is 7. The van der Waals surface area contributed by atoms with Crippen LogP contribution in [0.5, 0.6) is 11.5 Å². The fraction of sp³-hybridized carbons (Fsp3) is 0.379. The van der Waals surface area contributed by atoms with Crippen molar-refractivity contribution in [2.24, 2.45) is 0 Å². The third kappa shape index (κ3) is 7.53. The van der Waals surface area contributed by atoms with E-state index in [0.29, 0.717) is 40.0 Å². The van der Waals surface area contributed by atoms with E-state index in [1.807, 2.05) is 20.8 Å². The molecule has 3 rings (SSSR count). The minimum atomic E-state index is -1.17.